The average Bonchev–Trinajstić information content (AvgIpc) is 3.22. The lowest BCUT2D eigenvalue weighted by molar-refractivity contribution is -0.152. The second kappa shape index (κ2) is 12.7. The van der Waals surface area contributed by atoms with Gasteiger partial charge in [0.05, 0.1) is 11.7 Å². The topological polar surface area (TPSA) is 110 Å². The number of phenols is 1. The number of fused-ring (bicyclic) bond motifs is 2. The molecule has 9 nitrogen and oxygen atoms in total. The molecule has 9 heteroatoms. The summed E-state index contributed by atoms with van der Waals surface area (Å²) in [6.45, 7) is 7.16. The fourth-order valence-electron chi connectivity index (χ4n) is 4.62. The van der Waals surface area contributed by atoms with Gasteiger partial charge in [0.25, 0.3) is 0 Å². The standard InChI is InChI=1S/C31H36O9/c1-19-14-15-24(38-29(33)21-10-7-6-8-11-21)28-25(39-31(3,4)40-28)13-9-12-22-16-23(32)17-26(36-18-35-5)27(22)30(34)37-20(19)2/h6-12,14-17,19-20,24-25,28,32H,13,18H2,1-5H3/b12-9?,15-14-/t19-,20+,24?,25+,28?/m1/s1. The first-order valence-corrected chi connectivity index (χ1v) is 13.2. The molecule has 0 bridgehead atoms. The van der Waals surface area contributed by atoms with Crippen LogP contribution in [0.5, 0.6) is 11.5 Å². The number of hydrogen-bond acceptors (Lipinski definition) is 9. The summed E-state index contributed by atoms with van der Waals surface area (Å²) in [6, 6.07) is 11.6. The van der Waals surface area contributed by atoms with Crippen molar-refractivity contribution in [3.8, 4) is 11.5 Å². The minimum atomic E-state index is -0.919. The lowest BCUT2D eigenvalue weighted by Gasteiger charge is -2.25. The Labute approximate surface area is 234 Å². The predicted octanol–water partition coefficient (Wildman–Crippen LogP) is 5.28. The van der Waals surface area contributed by atoms with Crippen molar-refractivity contribution in [2.45, 2.75) is 64.3 Å². The zero-order valence-corrected chi connectivity index (χ0v) is 23.4. The van der Waals surface area contributed by atoms with Crippen LogP contribution in [0.15, 0.2) is 60.7 Å². The Hall–Kier alpha value is -3.66. The van der Waals surface area contributed by atoms with Crippen LogP contribution in [0.25, 0.3) is 6.08 Å². The van der Waals surface area contributed by atoms with Crippen molar-refractivity contribution in [2.24, 2.45) is 5.92 Å². The van der Waals surface area contributed by atoms with Gasteiger partial charge in [0.15, 0.2) is 12.6 Å². The van der Waals surface area contributed by atoms with Crippen LogP contribution in [0, 0.1) is 5.92 Å². The fourth-order valence-corrected chi connectivity index (χ4v) is 4.62. The molecule has 4 rings (SSSR count). The Morgan fingerprint density at radius 1 is 1.10 bits per heavy atom. The Morgan fingerprint density at radius 3 is 2.58 bits per heavy atom. The third kappa shape index (κ3) is 7.10. The molecule has 2 aromatic rings. The van der Waals surface area contributed by atoms with Crippen LogP contribution < -0.4 is 4.74 Å². The molecule has 2 heterocycles. The SMILES string of the molecule is COCOc1cc(O)cc2c1C(=O)O[C@@H](C)[C@H](C)/C=C\C(OC(=O)c1ccccc1)C1OC(C)(C)O[C@H]1CC=C2. The largest absolute Gasteiger partial charge is 0.508 e. The molecule has 0 amide bonds. The molecule has 1 N–H and O–H groups in total. The number of carbonyl (C=O) groups is 2. The number of aromatic hydroxyl groups is 1. The van der Waals surface area contributed by atoms with E-state index in [9.17, 15) is 14.7 Å². The first-order valence-electron chi connectivity index (χ1n) is 13.2. The van der Waals surface area contributed by atoms with Crippen molar-refractivity contribution in [2.75, 3.05) is 13.9 Å². The van der Waals surface area contributed by atoms with Crippen molar-refractivity contribution in [3.63, 3.8) is 0 Å². The van der Waals surface area contributed by atoms with E-state index in [0.717, 1.165) is 0 Å². The van der Waals surface area contributed by atoms with Crippen LogP contribution in [0.3, 0.4) is 0 Å². The minimum Gasteiger partial charge on any atom is -0.508 e. The third-order valence-corrected chi connectivity index (χ3v) is 6.76. The van der Waals surface area contributed by atoms with E-state index in [2.05, 4.69) is 0 Å². The van der Waals surface area contributed by atoms with Gasteiger partial charge in [-0.05, 0) is 57.0 Å². The fraction of sp³-hybridized carbons (Fsp3) is 0.419. The monoisotopic (exact) mass is 552 g/mol. The Morgan fingerprint density at radius 2 is 1.85 bits per heavy atom. The van der Waals surface area contributed by atoms with E-state index >= 15 is 0 Å². The highest BCUT2D eigenvalue weighted by atomic mass is 16.8. The van der Waals surface area contributed by atoms with E-state index in [0.29, 0.717) is 17.5 Å². The number of phenolic OH excluding ortho intramolecular Hbond substituents is 1. The summed E-state index contributed by atoms with van der Waals surface area (Å²) in [6.07, 6.45) is 5.08. The predicted molar refractivity (Wildman–Crippen MR) is 147 cm³/mol. The van der Waals surface area contributed by atoms with Crippen molar-refractivity contribution in [1.29, 1.82) is 0 Å². The molecule has 2 unspecified atom stereocenters. The normalized spacial score (nSPS) is 27.0. The number of hydrogen-bond donors (Lipinski definition) is 1. The summed E-state index contributed by atoms with van der Waals surface area (Å²) < 4.78 is 34.8. The number of ether oxygens (including phenoxy) is 6. The molecular weight excluding hydrogens is 516 g/mol. The molecule has 0 spiro atoms. The Balaban J connectivity index is 1.73. The number of rotatable bonds is 5. The van der Waals surface area contributed by atoms with E-state index in [-0.39, 0.29) is 29.8 Å². The summed E-state index contributed by atoms with van der Waals surface area (Å²) >= 11 is 0. The number of esters is 2. The van der Waals surface area contributed by atoms with Gasteiger partial charge in [-0.3, -0.25) is 0 Å². The van der Waals surface area contributed by atoms with E-state index in [1.807, 2.05) is 39.0 Å². The van der Waals surface area contributed by atoms with E-state index in [1.54, 1.807) is 43.3 Å². The van der Waals surface area contributed by atoms with E-state index < -0.39 is 42.1 Å². The van der Waals surface area contributed by atoms with Crippen molar-refractivity contribution in [1.82, 2.24) is 0 Å². The molecule has 1 saturated heterocycles. The van der Waals surface area contributed by atoms with Gasteiger partial charge >= 0.3 is 11.9 Å². The van der Waals surface area contributed by atoms with Crippen molar-refractivity contribution in [3.05, 3.63) is 77.4 Å². The summed E-state index contributed by atoms with van der Waals surface area (Å²) in [5.41, 5.74) is 0.995. The summed E-state index contributed by atoms with van der Waals surface area (Å²) in [7, 11) is 1.46. The van der Waals surface area contributed by atoms with Gasteiger partial charge < -0.3 is 33.5 Å². The number of carbonyl (C=O) groups excluding carboxylic acids is 2. The smallest absolute Gasteiger partial charge is 0.342 e. The molecule has 2 aromatic carbocycles. The molecule has 1 fully saturated rings. The highest BCUT2D eigenvalue weighted by Gasteiger charge is 2.45. The quantitative estimate of drug-likeness (QED) is 0.301. The van der Waals surface area contributed by atoms with Gasteiger partial charge in [-0.1, -0.05) is 43.4 Å². The summed E-state index contributed by atoms with van der Waals surface area (Å²) in [4.78, 5) is 26.4. The zero-order valence-electron chi connectivity index (χ0n) is 23.4. The van der Waals surface area contributed by atoms with Crippen LogP contribution in [0.2, 0.25) is 0 Å². The van der Waals surface area contributed by atoms with Gasteiger partial charge in [-0.2, -0.15) is 0 Å². The minimum absolute atomic E-state index is 0.0832. The average molecular weight is 553 g/mol. The highest BCUT2D eigenvalue weighted by Crippen LogP contribution is 2.35. The molecule has 2 aliphatic rings. The highest BCUT2D eigenvalue weighted by molar-refractivity contribution is 5.97. The summed E-state index contributed by atoms with van der Waals surface area (Å²) in [5, 5.41) is 10.3. The van der Waals surface area contributed by atoms with Crippen LogP contribution in [-0.2, 0) is 23.7 Å². The number of cyclic esters (lactones) is 1. The van der Waals surface area contributed by atoms with E-state index in [4.69, 9.17) is 28.4 Å². The Kier molecular flexibility index (Phi) is 9.29. The summed E-state index contributed by atoms with van der Waals surface area (Å²) in [5.74, 6) is -2.21. The Bertz CT molecular complexity index is 1250. The van der Waals surface area contributed by atoms with Gasteiger partial charge in [0, 0.05) is 19.1 Å². The van der Waals surface area contributed by atoms with E-state index in [1.165, 1.54) is 19.2 Å². The molecule has 0 radical (unpaired) electrons. The molecule has 0 aromatic heterocycles. The second-order valence-electron chi connectivity index (χ2n) is 10.3. The molecule has 2 aliphatic heterocycles. The molecule has 40 heavy (non-hydrogen) atoms. The first kappa shape index (κ1) is 29.3. The second-order valence-corrected chi connectivity index (χ2v) is 10.3. The molecule has 5 atom stereocenters. The maximum atomic E-state index is 13.4. The lowest BCUT2D eigenvalue weighted by atomic mass is 9.98. The first-order chi connectivity index (χ1) is 19.1. The number of benzene rings is 2. The van der Waals surface area contributed by atoms with Crippen LogP contribution in [-0.4, -0.2) is 61.2 Å². The molecule has 214 valence electrons. The van der Waals surface area contributed by atoms with Gasteiger partial charge in [0.2, 0.25) is 0 Å². The zero-order chi connectivity index (χ0) is 28.9. The van der Waals surface area contributed by atoms with Crippen molar-refractivity contribution >= 4 is 18.0 Å². The van der Waals surface area contributed by atoms with Crippen LogP contribution in [0.4, 0.5) is 0 Å². The molecular formula is C31H36O9. The van der Waals surface area contributed by atoms with Gasteiger partial charge in [-0.25, -0.2) is 9.59 Å². The van der Waals surface area contributed by atoms with Crippen LogP contribution in [0.1, 0.15) is 60.4 Å². The lowest BCUT2D eigenvalue weighted by Crippen LogP contribution is -2.37. The maximum Gasteiger partial charge on any atom is 0.342 e. The molecule has 0 aliphatic carbocycles. The molecule has 0 saturated carbocycles. The number of methoxy groups -OCH3 is 1. The van der Waals surface area contributed by atoms with Gasteiger partial charge in [-0.15, -0.1) is 0 Å². The maximum absolute atomic E-state index is 13.4. The van der Waals surface area contributed by atoms with Crippen LogP contribution >= 0.6 is 0 Å². The van der Waals surface area contributed by atoms with Gasteiger partial charge in [0.1, 0.15) is 35.4 Å². The van der Waals surface area contributed by atoms with Crippen molar-refractivity contribution < 1.29 is 43.1 Å². The third-order valence-electron chi connectivity index (χ3n) is 6.76.